The molecule has 1 aliphatic heterocycles. The maximum absolute atomic E-state index is 13.1. The Morgan fingerprint density at radius 3 is 3.12 bits per heavy atom. The van der Waals surface area contributed by atoms with Gasteiger partial charge in [0, 0.05) is 25.3 Å². The van der Waals surface area contributed by atoms with Gasteiger partial charge in [-0.1, -0.05) is 0 Å². The van der Waals surface area contributed by atoms with E-state index in [-0.39, 0.29) is 11.9 Å². The molecule has 1 unspecified atom stereocenters. The molecule has 1 aromatic carbocycles. The van der Waals surface area contributed by atoms with Gasteiger partial charge in [-0.2, -0.15) is 0 Å². The summed E-state index contributed by atoms with van der Waals surface area (Å²) in [6, 6.07) is 5.09. The Morgan fingerprint density at radius 2 is 2.41 bits per heavy atom. The molecule has 0 bridgehead atoms. The number of anilines is 1. The highest BCUT2D eigenvalue weighted by molar-refractivity contribution is 5.45. The first-order chi connectivity index (χ1) is 8.25. The number of ether oxygens (including phenoxy) is 1. The summed E-state index contributed by atoms with van der Waals surface area (Å²) >= 11 is 0. The number of aryl methyl sites for hydroxylation is 1. The Bertz CT molecular complexity index is 364. The molecule has 3 nitrogen and oxygen atoms in total. The van der Waals surface area contributed by atoms with Crippen molar-refractivity contribution >= 4 is 5.69 Å². The molecule has 17 heavy (non-hydrogen) atoms. The first kappa shape index (κ1) is 12.3. The lowest BCUT2D eigenvalue weighted by atomic mass is 10.2. The number of morpholine rings is 1. The Balaban J connectivity index is 1.75. The van der Waals surface area contributed by atoms with Crippen molar-refractivity contribution in [2.45, 2.75) is 19.4 Å². The summed E-state index contributed by atoms with van der Waals surface area (Å²) < 4.78 is 18.7. The second-order valence-corrected chi connectivity index (χ2v) is 4.38. The molecule has 0 aromatic heterocycles. The maximum atomic E-state index is 13.1. The quantitative estimate of drug-likeness (QED) is 0.841. The molecule has 0 aliphatic carbocycles. The van der Waals surface area contributed by atoms with Gasteiger partial charge in [-0.25, -0.2) is 4.39 Å². The van der Waals surface area contributed by atoms with Gasteiger partial charge in [-0.15, -0.1) is 0 Å². The first-order valence-corrected chi connectivity index (χ1v) is 6.08. The molecule has 0 amide bonds. The monoisotopic (exact) mass is 238 g/mol. The van der Waals surface area contributed by atoms with Crippen molar-refractivity contribution in [1.82, 2.24) is 5.32 Å². The highest BCUT2D eigenvalue weighted by Crippen LogP contribution is 2.13. The average molecular weight is 238 g/mol. The van der Waals surface area contributed by atoms with Gasteiger partial charge in [-0.05, 0) is 37.1 Å². The average Bonchev–Trinajstić information content (AvgIpc) is 2.35. The van der Waals surface area contributed by atoms with Crippen LogP contribution in [0.1, 0.15) is 12.0 Å². The minimum absolute atomic E-state index is 0.157. The Morgan fingerprint density at radius 1 is 1.53 bits per heavy atom. The maximum Gasteiger partial charge on any atom is 0.126 e. The van der Waals surface area contributed by atoms with E-state index in [0.29, 0.717) is 5.56 Å². The molecule has 1 fully saturated rings. The van der Waals surface area contributed by atoms with Gasteiger partial charge in [0.1, 0.15) is 5.82 Å². The first-order valence-electron chi connectivity index (χ1n) is 6.08. The van der Waals surface area contributed by atoms with Crippen molar-refractivity contribution in [3.05, 3.63) is 29.6 Å². The van der Waals surface area contributed by atoms with E-state index in [4.69, 9.17) is 4.74 Å². The van der Waals surface area contributed by atoms with Crippen LogP contribution in [0.2, 0.25) is 0 Å². The molecule has 2 N–H and O–H groups in total. The van der Waals surface area contributed by atoms with Crippen molar-refractivity contribution in [2.75, 3.05) is 31.6 Å². The topological polar surface area (TPSA) is 33.3 Å². The van der Waals surface area contributed by atoms with Crippen LogP contribution in [0.3, 0.4) is 0 Å². The van der Waals surface area contributed by atoms with Crippen LogP contribution in [0.4, 0.5) is 10.1 Å². The van der Waals surface area contributed by atoms with E-state index in [0.717, 1.165) is 38.3 Å². The molecule has 0 saturated carbocycles. The molecular weight excluding hydrogens is 219 g/mol. The predicted octanol–water partition coefficient (Wildman–Crippen LogP) is 1.92. The fourth-order valence-corrected chi connectivity index (χ4v) is 1.94. The minimum Gasteiger partial charge on any atom is -0.385 e. The summed E-state index contributed by atoms with van der Waals surface area (Å²) in [5, 5.41) is 6.58. The van der Waals surface area contributed by atoms with Gasteiger partial charge >= 0.3 is 0 Å². The van der Waals surface area contributed by atoms with Gasteiger partial charge < -0.3 is 15.4 Å². The van der Waals surface area contributed by atoms with Crippen molar-refractivity contribution in [2.24, 2.45) is 0 Å². The Labute approximate surface area is 101 Å². The van der Waals surface area contributed by atoms with E-state index in [2.05, 4.69) is 10.6 Å². The van der Waals surface area contributed by atoms with Crippen molar-refractivity contribution < 1.29 is 9.13 Å². The molecular formula is C13H19FN2O. The predicted molar refractivity (Wildman–Crippen MR) is 66.9 cm³/mol. The third kappa shape index (κ3) is 3.68. The molecule has 0 radical (unpaired) electrons. The number of hydrogen-bond acceptors (Lipinski definition) is 3. The van der Waals surface area contributed by atoms with Crippen LogP contribution in [0.15, 0.2) is 18.2 Å². The van der Waals surface area contributed by atoms with Crippen LogP contribution < -0.4 is 10.6 Å². The van der Waals surface area contributed by atoms with Crippen molar-refractivity contribution in [1.29, 1.82) is 0 Å². The van der Waals surface area contributed by atoms with Crippen LogP contribution in [-0.2, 0) is 4.74 Å². The lowest BCUT2D eigenvalue weighted by Gasteiger charge is -2.23. The molecule has 4 heteroatoms. The number of nitrogens with one attached hydrogen (secondary N) is 2. The fourth-order valence-electron chi connectivity index (χ4n) is 1.94. The summed E-state index contributed by atoms with van der Waals surface area (Å²) in [5.41, 5.74) is 1.64. The lowest BCUT2D eigenvalue weighted by Crippen LogP contribution is -2.39. The van der Waals surface area contributed by atoms with E-state index in [1.54, 1.807) is 13.0 Å². The van der Waals surface area contributed by atoms with E-state index in [9.17, 15) is 4.39 Å². The van der Waals surface area contributed by atoms with Crippen molar-refractivity contribution in [3.8, 4) is 0 Å². The number of rotatable bonds is 4. The van der Waals surface area contributed by atoms with E-state index >= 15 is 0 Å². The minimum atomic E-state index is -0.157. The van der Waals surface area contributed by atoms with E-state index in [1.165, 1.54) is 6.07 Å². The normalized spacial score (nSPS) is 20.2. The molecule has 1 aliphatic rings. The molecule has 0 spiro atoms. The number of hydrogen-bond donors (Lipinski definition) is 2. The molecule has 1 heterocycles. The van der Waals surface area contributed by atoms with Gasteiger partial charge in [-0.3, -0.25) is 0 Å². The van der Waals surface area contributed by atoms with Crippen LogP contribution in [0.5, 0.6) is 0 Å². The molecule has 1 atom stereocenters. The van der Waals surface area contributed by atoms with Crippen molar-refractivity contribution in [3.63, 3.8) is 0 Å². The number of benzene rings is 1. The Hall–Kier alpha value is -1.13. The van der Waals surface area contributed by atoms with E-state index < -0.39 is 0 Å². The summed E-state index contributed by atoms with van der Waals surface area (Å²) in [7, 11) is 0. The van der Waals surface area contributed by atoms with Gasteiger partial charge in [0.05, 0.1) is 12.7 Å². The highest BCUT2D eigenvalue weighted by atomic mass is 19.1. The standard InChI is InChI=1S/C13H19FN2O/c1-10-8-11(2-3-13(10)14)16-5-4-12-9-15-6-7-17-12/h2-3,8,12,15-16H,4-7,9H2,1H3. The molecule has 1 saturated heterocycles. The van der Waals surface area contributed by atoms with Crippen LogP contribution in [0.25, 0.3) is 0 Å². The lowest BCUT2D eigenvalue weighted by molar-refractivity contribution is 0.0258. The number of halogens is 1. The summed E-state index contributed by atoms with van der Waals surface area (Å²) in [6.45, 7) is 5.28. The third-order valence-corrected chi connectivity index (χ3v) is 2.96. The molecule has 1 aromatic rings. The van der Waals surface area contributed by atoms with E-state index in [1.807, 2.05) is 6.07 Å². The van der Waals surface area contributed by atoms with Gasteiger partial charge in [0.25, 0.3) is 0 Å². The smallest absolute Gasteiger partial charge is 0.126 e. The largest absolute Gasteiger partial charge is 0.385 e. The van der Waals surface area contributed by atoms with Crippen LogP contribution >= 0.6 is 0 Å². The summed E-state index contributed by atoms with van der Waals surface area (Å²) in [4.78, 5) is 0. The molecule has 94 valence electrons. The summed E-state index contributed by atoms with van der Waals surface area (Å²) in [6.07, 6.45) is 1.25. The van der Waals surface area contributed by atoms with Gasteiger partial charge in [0.2, 0.25) is 0 Å². The summed E-state index contributed by atoms with van der Waals surface area (Å²) in [5.74, 6) is -0.157. The zero-order valence-corrected chi connectivity index (χ0v) is 10.1. The zero-order chi connectivity index (χ0) is 12.1. The fraction of sp³-hybridized carbons (Fsp3) is 0.538. The third-order valence-electron chi connectivity index (χ3n) is 2.96. The SMILES string of the molecule is Cc1cc(NCCC2CNCCO2)ccc1F. The zero-order valence-electron chi connectivity index (χ0n) is 10.1. The highest BCUT2D eigenvalue weighted by Gasteiger charge is 2.12. The molecule has 2 rings (SSSR count). The second kappa shape index (κ2) is 5.98. The second-order valence-electron chi connectivity index (χ2n) is 4.38. The van der Waals surface area contributed by atoms with Crippen LogP contribution in [0, 0.1) is 12.7 Å². The van der Waals surface area contributed by atoms with Gasteiger partial charge in [0.15, 0.2) is 0 Å². The van der Waals surface area contributed by atoms with Crippen LogP contribution in [-0.4, -0.2) is 32.3 Å². The Kier molecular flexibility index (Phi) is 4.34.